The van der Waals surface area contributed by atoms with Crippen molar-refractivity contribution in [2.45, 2.75) is 52.1 Å². The van der Waals surface area contributed by atoms with Gasteiger partial charge in [-0.3, -0.25) is 0 Å². The minimum Gasteiger partial charge on any atom is -0.465 e. The molecule has 0 radical (unpaired) electrons. The average molecular weight is 731 g/mol. The van der Waals surface area contributed by atoms with Crippen LogP contribution in [0, 0.1) is 0 Å². The lowest BCUT2D eigenvalue weighted by atomic mass is 10.1. The van der Waals surface area contributed by atoms with Gasteiger partial charge in [-0.1, -0.05) is 106 Å². The van der Waals surface area contributed by atoms with Crippen molar-refractivity contribution in [2.24, 2.45) is 0 Å². The first-order valence-electron chi connectivity index (χ1n) is 17.3. The fourth-order valence-electron chi connectivity index (χ4n) is 6.30. The summed E-state index contributed by atoms with van der Waals surface area (Å²) >= 11 is 0. The minimum atomic E-state index is -2.64. The van der Waals surface area contributed by atoms with Crippen LogP contribution in [0.4, 0.5) is 0 Å². The Hall–Kier alpha value is -5.62. The molecule has 274 valence electrons. The maximum absolute atomic E-state index is 11.7. The van der Waals surface area contributed by atoms with Crippen LogP contribution in [0.15, 0.2) is 134 Å². The first kappa shape index (κ1) is 38.6. The second-order valence-electron chi connectivity index (χ2n) is 13.5. The molecule has 53 heavy (non-hydrogen) atoms. The summed E-state index contributed by atoms with van der Waals surface area (Å²) in [5, 5.41) is 11.5. The predicted molar refractivity (Wildman–Crippen MR) is 207 cm³/mol. The highest BCUT2D eigenvalue weighted by molar-refractivity contribution is 6.99. The third-order valence-corrected chi connectivity index (χ3v) is 14.1. The van der Waals surface area contributed by atoms with E-state index in [1.165, 1.54) is 24.6 Å². The van der Waals surface area contributed by atoms with E-state index in [1.54, 1.807) is 36.8 Å². The summed E-state index contributed by atoms with van der Waals surface area (Å²) in [5.41, 5.74) is 4.92. The van der Waals surface area contributed by atoms with Crippen molar-refractivity contribution in [3.8, 4) is 0 Å². The van der Waals surface area contributed by atoms with Crippen molar-refractivity contribution in [3.63, 3.8) is 0 Å². The summed E-state index contributed by atoms with van der Waals surface area (Å²) in [7, 11) is 0.108. The first-order valence-corrected chi connectivity index (χ1v) is 19.2. The van der Waals surface area contributed by atoms with E-state index in [2.05, 4.69) is 101 Å². The Labute approximate surface area is 311 Å². The number of ether oxygens (including phenoxy) is 2. The lowest BCUT2D eigenvalue weighted by Gasteiger charge is -2.43. The van der Waals surface area contributed by atoms with E-state index in [4.69, 9.17) is 14.3 Å². The van der Waals surface area contributed by atoms with Gasteiger partial charge in [0.25, 0.3) is 8.32 Å². The molecule has 1 N–H and O–H groups in total. The molecule has 6 rings (SSSR count). The molecule has 0 atom stereocenters. The Bertz CT molecular complexity index is 2020. The number of carbonyl (C=O) groups excluding carboxylic acids is 2. The standard InChI is InChI=1S/C29H32N2O3Si.C13H14N2O3/c1-29(2,3)35(26-11-7-5-8-12-26,27-13-9-6-10-14-27)34-21-25-19-30-22-31(25)20-23-15-17-24(18-16-23)28(32)33-4;1-18-13(17)11-4-2-10(3-5-11)7-15-9-14-6-12(15)8-16/h5-19,22H,20-21H2,1-4H3;2-6,9,16H,7-8H2,1H3. The lowest BCUT2D eigenvalue weighted by molar-refractivity contribution is 0.0592. The van der Waals surface area contributed by atoms with Crippen molar-refractivity contribution < 1.29 is 28.6 Å². The van der Waals surface area contributed by atoms with Gasteiger partial charge in [-0.05, 0) is 50.8 Å². The molecule has 0 saturated heterocycles. The molecule has 10 nitrogen and oxygen atoms in total. The molecular formula is C42H46N4O6Si. The van der Waals surface area contributed by atoms with Crippen LogP contribution in [-0.2, 0) is 40.2 Å². The zero-order valence-electron chi connectivity index (χ0n) is 30.8. The van der Waals surface area contributed by atoms with Crippen LogP contribution in [0.25, 0.3) is 0 Å². The number of rotatable bonds is 12. The number of hydrogen-bond donors (Lipinski definition) is 1. The molecule has 0 spiro atoms. The number of hydrogen-bond acceptors (Lipinski definition) is 8. The van der Waals surface area contributed by atoms with Crippen molar-refractivity contribution in [3.05, 3.63) is 168 Å². The molecule has 0 aliphatic rings. The van der Waals surface area contributed by atoms with E-state index >= 15 is 0 Å². The first-order chi connectivity index (χ1) is 25.6. The number of aliphatic hydroxyl groups excluding tert-OH is 1. The molecule has 0 amide bonds. The van der Waals surface area contributed by atoms with E-state index in [1.807, 2.05) is 41.4 Å². The molecule has 0 aliphatic carbocycles. The highest BCUT2D eigenvalue weighted by atomic mass is 28.4. The molecule has 0 bridgehead atoms. The Balaban J connectivity index is 0.000000252. The smallest absolute Gasteiger partial charge is 0.337 e. The lowest BCUT2D eigenvalue weighted by Crippen LogP contribution is -2.66. The summed E-state index contributed by atoms with van der Waals surface area (Å²) in [5.74, 6) is -0.682. The summed E-state index contributed by atoms with van der Waals surface area (Å²) < 4.78 is 20.5. The number of aromatic nitrogens is 4. The predicted octanol–water partition coefficient (Wildman–Crippen LogP) is 6.00. The van der Waals surface area contributed by atoms with Crippen molar-refractivity contribution in [2.75, 3.05) is 14.2 Å². The van der Waals surface area contributed by atoms with Crippen molar-refractivity contribution in [1.82, 2.24) is 19.1 Å². The van der Waals surface area contributed by atoms with Gasteiger partial charge >= 0.3 is 11.9 Å². The quantitative estimate of drug-likeness (QED) is 0.120. The Morgan fingerprint density at radius 3 is 1.45 bits per heavy atom. The van der Waals surface area contributed by atoms with Gasteiger partial charge in [0.15, 0.2) is 0 Å². The highest BCUT2D eigenvalue weighted by Crippen LogP contribution is 2.37. The molecule has 2 aromatic heterocycles. The van der Waals surface area contributed by atoms with E-state index in [-0.39, 0.29) is 23.6 Å². The molecule has 4 aromatic carbocycles. The second kappa shape index (κ2) is 17.7. The van der Waals surface area contributed by atoms with Gasteiger partial charge in [0.05, 0.1) is 75.0 Å². The number of imidazole rings is 2. The monoisotopic (exact) mass is 730 g/mol. The van der Waals surface area contributed by atoms with Crippen LogP contribution >= 0.6 is 0 Å². The molecule has 11 heteroatoms. The van der Waals surface area contributed by atoms with Crippen LogP contribution < -0.4 is 10.4 Å². The normalized spacial score (nSPS) is 11.4. The summed E-state index contributed by atoms with van der Waals surface area (Å²) in [6.45, 7) is 8.49. The summed E-state index contributed by atoms with van der Waals surface area (Å²) in [6.07, 6.45) is 7.00. The van der Waals surface area contributed by atoms with Crippen molar-refractivity contribution >= 4 is 30.6 Å². The fourth-order valence-corrected chi connectivity index (χ4v) is 10.8. The van der Waals surface area contributed by atoms with Gasteiger partial charge < -0.3 is 28.1 Å². The van der Waals surface area contributed by atoms with Gasteiger partial charge in [-0.25, -0.2) is 19.6 Å². The van der Waals surface area contributed by atoms with Crippen LogP contribution in [0.2, 0.25) is 5.04 Å². The molecule has 0 saturated carbocycles. The zero-order chi connectivity index (χ0) is 37.8. The largest absolute Gasteiger partial charge is 0.465 e. The number of aliphatic hydroxyl groups is 1. The molecule has 0 fully saturated rings. The SMILES string of the molecule is COC(=O)c1ccc(Cn2cncc2CO)cc1.COC(=O)c1ccc(Cn2cncc2CO[Si](c2ccccc2)(c2ccccc2)C(C)(C)C)cc1. The Kier molecular flexibility index (Phi) is 12.9. The van der Waals surface area contributed by atoms with E-state index in [9.17, 15) is 9.59 Å². The van der Waals surface area contributed by atoms with Gasteiger partial charge in [0, 0.05) is 13.1 Å². The van der Waals surface area contributed by atoms with Crippen LogP contribution in [-0.4, -0.2) is 58.7 Å². The van der Waals surface area contributed by atoms with Crippen molar-refractivity contribution in [1.29, 1.82) is 0 Å². The second-order valence-corrected chi connectivity index (χ2v) is 17.8. The molecule has 0 aliphatic heterocycles. The fraction of sp³-hybridized carbons (Fsp3) is 0.238. The number of benzene rings is 4. The molecule has 0 unspecified atom stereocenters. The third-order valence-electron chi connectivity index (χ3n) is 9.07. The van der Waals surface area contributed by atoms with Gasteiger partial charge in [-0.15, -0.1) is 0 Å². The number of methoxy groups -OCH3 is 2. The summed E-state index contributed by atoms with van der Waals surface area (Å²) in [6, 6.07) is 35.9. The van der Waals surface area contributed by atoms with Gasteiger partial charge in [0.2, 0.25) is 0 Å². The maximum Gasteiger partial charge on any atom is 0.337 e. The topological polar surface area (TPSA) is 118 Å². The van der Waals surface area contributed by atoms with E-state index in [0.29, 0.717) is 30.8 Å². The van der Waals surface area contributed by atoms with Crippen LogP contribution in [0.5, 0.6) is 0 Å². The van der Waals surface area contributed by atoms with E-state index < -0.39 is 8.32 Å². The Morgan fingerprint density at radius 1 is 0.642 bits per heavy atom. The maximum atomic E-state index is 11.7. The molecule has 6 aromatic rings. The zero-order valence-corrected chi connectivity index (χ0v) is 31.8. The van der Waals surface area contributed by atoms with Crippen LogP contribution in [0.3, 0.4) is 0 Å². The van der Waals surface area contributed by atoms with Crippen LogP contribution in [0.1, 0.15) is 64.0 Å². The minimum absolute atomic E-state index is 0.0414. The molecular weight excluding hydrogens is 685 g/mol. The number of carbonyl (C=O) groups is 2. The van der Waals surface area contributed by atoms with Gasteiger partial charge in [0.1, 0.15) is 0 Å². The third kappa shape index (κ3) is 9.25. The number of esters is 2. The highest BCUT2D eigenvalue weighted by Gasteiger charge is 2.50. The number of nitrogens with zero attached hydrogens (tertiary/aromatic N) is 4. The van der Waals surface area contributed by atoms with Gasteiger partial charge in [-0.2, -0.15) is 0 Å². The average Bonchev–Trinajstić information content (AvgIpc) is 3.84. The van der Waals surface area contributed by atoms with E-state index in [0.717, 1.165) is 22.5 Å². The molecule has 2 heterocycles. The summed E-state index contributed by atoms with van der Waals surface area (Å²) in [4.78, 5) is 31.4. The Morgan fingerprint density at radius 2 is 1.06 bits per heavy atom.